The molecule has 2 unspecified atom stereocenters. The van der Waals surface area contributed by atoms with Crippen LogP contribution in [0.2, 0.25) is 0 Å². The van der Waals surface area contributed by atoms with E-state index in [0.717, 1.165) is 11.9 Å². The van der Waals surface area contributed by atoms with Crippen molar-refractivity contribution in [3.05, 3.63) is 29.8 Å². The third-order valence-corrected chi connectivity index (χ3v) is 10.7. The lowest BCUT2D eigenvalue weighted by atomic mass is 9.89. The third kappa shape index (κ3) is 19.2. The van der Waals surface area contributed by atoms with Gasteiger partial charge in [-0.2, -0.15) is 0 Å². The lowest BCUT2D eigenvalue weighted by Gasteiger charge is -2.32. The second kappa shape index (κ2) is 26.7. The van der Waals surface area contributed by atoms with E-state index in [-0.39, 0.29) is 30.9 Å². The number of carbonyl (C=O) groups is 11. The molecule has 25 heteroatoms. The van der Waals surface area contributed by atoms with E-state index in [1.807, 2.05) is 0 Å². The summed E-state index contributed by atoms with van der Waals surface area (Å²) >= 11 is 0. The number of phenolic OH excluding ortho intramolecular Hbond substituents is 1. The highest BCUT2D eigenvalue weighted by Gasteiger charge is 2.38. The van der Waals surface area contributed by atoms with E-state index in [1.54, 1.807) is 27.7 Å². The van der Waals surface area contributed by atoms with Crippen molar-refractivity contribution in [2.45, 2.75) is 122 Å². The molecule has 7 atom stereocenters. The summed E-state index contributed by atoms with van der Waals surface area (Å²) in [5, 5.41) is 40.6. The smallest absolute Gasteiger partial charge is 0.247 e. The third-order valence-electron chi connectivity index (χ3n) is 10.7. The average Bonchev–Trinajstić information content (AvgIpc) is 3.25. The highest BCUT2D eigenvalue weighted by molar-refractivity contribution is 5.99. The molecule has 376 valence electrons. The molecule has 1 heterocycles. The van der Waals surface area contributed by atoms with Crippen LogP contribution in [0.1, 0.15) is 85.1 Å². The van der Waals surface area contributed by atoms with Crippen molar-refractivity contribution in [1.29, 1.82) is 0 Å². The summed E-state index contributed by atoms with van der Waals surface area (Å²) in [5.74, 6) is -12.2. The predicted octanol–water partition coefficient (Wildman–Crippen LogP) is -4.92. The van der Waals surface area contributed by atoms with Gasteiger partial charge in [0.15, 0.2) is 0 Å². The zero-order chi connectivity index (χ0) is 51.5. The topological polar surface area (TPSA) is 409 Å². The van der Waals surface area contributed by atoms with E-state index >= 15 is 0 Å². The molecule has 0 aliphatic carbocycles. The number of aromatic hydroxyl groups is 1. The van der Waals surface area contributed by atoms with Gasteiger partial charge in [-0.15, -0.1) is 0 Å². The Labute approximate surface area is 393 Å². The largest absolute Gasteiger partial charge is 0.861 e. The van der Waals surface area contributed by atoms with Gasteiger partial charge >= 0.3 is 0 Å². The summed E-state index contributed by atoms with van der Waals surface area (Å²) in [6.07, 6.45) is -2.62. The molecule has 0 aromatic heterocycles. The Morgan fingerprint density at radius 2 is 1.46 bits per heavy atom. The van der Waals surface area contributed by atoms with Crippen LogP contribution >= 0.6 is 0 Å². The summed E-state index contributed by atoms with van der Waals surface area (Å²) in [6.45, 7) is 6.30. The van der Waals surface area contributed by atoms with Crippen LogP contribution in [0.25, 0.3) is 0 Å². The molecule has 0 saturated carbocycles. The Morgan fingerprint density at radius 3 is 2.03 bits per heavy atom. The first kappa shape index (κ1) is 56.8. The number of amides is 11. The van der Waals surface area contributed by atoms with Crippen molar-refractivity contribution in [3.63, 3.8) is 0 Å². The normalized spacial score (nSPS) is 21.4. The summed E-state index contributed by atoms with van der Waals surface area (Å²) in [6, 6.07) is -2.44. The van der Waals surface area contributed by atoms with Gasteiger partial charge in [0.2, 0.25) is 65.0 Å². The number of rotatable bonds is 18. The Morgan fingerprint density at radius 1 is 0.853 bits per heavy atom. The van der Waals surface area contributed by atoms with Crippen molar-refractivity contribution in [2.75, 3.05) is 26.7 Å². The molecule has 11 amide bonds. The molecule has 1 aromatic carbocycles. The number of primary amides is 3. The first-order chi connectivity index (χ1) is 31.7. The number of nitrogens with one attached hydrogen (secondary N) is 7. The van der Waals surface area contributed by atoms with Crippen molar-refractivity contribution in [3.8, 4) is 5.75 Å². The van der Waals surface area contributed by atoms with Crippen molar-refractivity contribution in [1.82, 2.24) is 42.1 Å². The maximum absolute atomic E-state index is 14.0. The Balaban J connectivity index is 2.64. The van der Waals surface area contributed by atoms with Crippen LogP contribution in [0.15, 0.2) is 29.3 Å². The number of nitrogens with two attached hydrogens (primary N) is 3. The zero-order valence-electron chi connectivity index (χ0n) is 39.1. The highest BCUT2D eigenvalue weighted by atomic mass is 16.3. The molecule has 25 nitrogen and oxygen atoms in total. The molecular weight excluding hydrogens is 893 g/mol. The maximum atomic E-state index is 14.0. The SMILES string of the molecule is CCC(C)C1N=C([O-])[C@H](Cc2ccc(O)cc2)NC(=O)CCC(=O)NC[C@@H](C(=O)N(C)CC(=O)N[C@@](C)(CC(C)C)C(=O)NCC(N)=O)NC(=O)[C@H](CC(N)=O)NC(=O)[C@H](CCC(N)=O)NC1=O. The number of phenols is 1. The van der Waals surface area contributed by atoms with Gasteiger partial charge in [0.05, 0.1) is 25.6 Å². The molecule has 2 rings (SSSR count). The van der Waals surface area contributed by atoms with Gasteiger partial charge in [-0.25, -0.2) is 0 Å². The van der Waals surface area contributed by atoms with Gasteiger partial charge in [0.1, 0.15) is 35.5 Å². The van der Waals surface area contributed by atoms with Crippen LogP contribution in [0.4, 0.5) is 0 Å². The second-order valence-electron chi connectivity index (χ2n) is 17.3. The number of benzene rings is 1. The lowest BCUT2D eigenvalue weighted by molar-refractivity contribution is -0.222. The molecule has 1 aliphatic rings. The van der Waals surface area contributed by atoms with Crippen LogP contribution in [0.3, 0.4) is 0 Å². The number of carbonyl (C=O) groups excluding carboxylic acids is 11. The minimum Gasteiger partial charge on any atom is -0.861 e. The molecular formula is C43H65N12O13-. The van der Waals surface area contributed by atoms with Gasteiger partial charge in [0.25, 0.3) is 0 Å². The molecule has 0 radical (unpaired) electrons. The summed E-state index contributed by atoms with van der Waals surface area (Å²) < 4.78 is 0. The number of aliphatic imine (C=N–C) groups is 1. The average molecular weight is 958 g/mol. The van der Waals surface area contributed by atoms with E-state index in [9.17, 15) is 63.0 Å². The molecule has 68 heavy (non-hydrogen) atoms. The molecule has 0 bridgehead atoms. The van der Waals surface area contributed by atoms with Crippen molar-refractivity contribution in [2.24, 2.45) is 34.0 Å². The van der Waals surface area contributed by atoms with Crippen LogP contribution in [-0.4, -0.2) is 143 Å². The van der Waals surface area contributed by atoms with Gasteiger partial charge in [0, 0.05) is 32.9 Å². The maximum Gasteiger partial charge on any atom is 0.247 e. The van der Waals surface area contributed by atoms with E-state index in [2.05, 4.69) is 42.2 Å². The predicted molar refractivity (Wildman–Crippen MR) is 241 cm³/mol. The summed E-state index contributed by atoms with van der Waals surface area (Å²) in [7, 11) is 1.16. The van der Waals surface area contributed by atoms with Crippen LogP contribution in [0.5, 0.6) is 5.75 Å². The van der Waals surface area contributed by atoms with E-state index in [0.29, 0.717) is 5.56 Å². The molecule has 14 N–H and O–H groups in total. The summed E-state index contributed by atoms with van der Waals surface area (Å²) in [4.78, 5) is 149. The van der Waals surface area contributed by atoms with Crippen molar-refractivity contribution >= 4 is 70.9 Å². The Kier molecular flexibility index (Phi) is 22.3. The molecule has 0 spiro atoms. The minimum absolute atomic E-state index is 0.0775. The lowest BCUT2D eigenvalue weighted by Crippen LogP contribution is -2.61. The Bertz CT molecular complexity index is 2060. The summed E-state index contributed by atoms with van der Waals surface area (Å²) in [5.41, 5.74) is 14.8. The van der Waals surface area contributed by atoms with Crippen molar-refractivity contribution < 1.29 is 63.0 Å². The van der Waals surface area contributed by atoms with E-state index < -0.39 is 164 Å². The zero-order valence-corrected chi connectivity index (χ0v) is 39.1. The van der Waals surface area contributed by atoms with Crippen LogP contribution < -0.4 is 59.5 Å². The van der Waals surface area contributed by atoms with Gasteiger partial charge in [-0.1, -0.05) is 46.2 Å². The number of hydrogen-bond donors (Lipinski definition) is 11. The molecule has 1 aliphatic heterocycles. The fourth-order valence-electron chi connectivity index (χ4n) is 7.01. The first-order valence-corrected chi connectivity index (χ1v) is 21.9. The Hall–Kier alpha value is -7.34. The van der Waals surface area contributed by atoms with Gasteiger partial charge in [-0.05, 0) is 61.6 Å². The van der Waals surface area contributed by atoms with E-state index in [1.165, 1.54) is 31.2 Å². The fraction of sp³-hybridized carbons (Fsp3) is 0.581. The fourth-order valence-corrected chi connectivity index (χ4v) is 7.01. The number of hydrogen-bond acceptors (Lipinski definition) is 14. The van der Waals surface area contributed by atoms with Crippen LogP contribution in [0, 0.1) is 11.8 Å². The monoisotopic (exact) mass is 957 g/mol. The quantitative estimate of drug-likeness (QED) is 0.0658. The second-order valence-corrected chi connectivity index (χ2v) is 17.3. The van der Waals surface area contributed by atoms with Gasteiger partial charge in [-0.3, -0.25) is 57.7 Å². The van der Waals surface area contributed by atoms with Gasteiger partial charge < -0.3 is 69.5 Å². The molecule has 0 saturated heterocycles. The van der Waals surface area contributed by atoms with Crippen LogP contribution in [-0.2, 0) is 59.2 Å². The number of likely N-dealkylation sites (N-methyl/N-ethyl adjacent to an activating group) is 1. The minimum atomic E-state index is -1.85. The molecule has 1 aromatic rings. The molecule has 0 fully saturated rings. The standard InChI is InChI=1S/C43H66N12O13/c1-7-23(4)36-40(66)50-26(12-13-30(44)57)37(63)51-28(17-31(45)58)38(64)52-29(41(67)55(6)21-35(62)54-43(5,18-22(2)3)42(68)48-20-32(46)59)19-47-33(60)14-15-34(61)49-27(39(65)53-36)16-24-8-10-25(56)11-9-24/h8-11,22-23,26-29,36,56H,7,12-21H2,1-6H3,(H2,44,57)(H2,45,58)(H2,46,59)(H,47,60)(H,48,68)(H,49,61)(H,50,66)(H,51,63)(H,52,64)(H,53,65)(H,54,62)/p-1/t23?,26-,27-,28-,29-,36?,43-/m0/s1. The first-order valence-electron chi connectivity index (χ1n) is 21.9. The number of nitrogens with zero attached hydrogens (tertiary/aromatic N) is 2. The highest BCUT2D eigenvalue weighted by Crippen LogP contribution is 2.18. The van der Waals surface area contributed by atoms with E-state index in [4.69, 9.17) is 17.2 Å².